The summed E-state index contributed by atoms with van der Waals surface area (Å²) in [5, 5.41) is 11.5. The summed E-state index contributed by atoms with van der Waals surface area (Å²) in [7, 11) is 0. The van der Waals surface area contributed by atoms with Crippen molar-refractivity contribution in [1.82, 2.24) is 10.2 Å². The molecule has 1 unspecified atom stereocenters. The van der Waals surface area contributed by atoms with Crippen LogP contribution in [0.5, 0.6) is 0 Å². The number of hydrogen-bond donors (Lipinski definition) is 2. The van der Waals surface area contributed by atoms with E-state index < -0.39 is 11.9 Å². The van der Waals surface area contributed by atoms with Crippen molar-refractivity contribution in [1.29, 1.82) is 0 Å². The van der Waals surface area contributed by atoms with Crippen LogP contribution in [-0.2, 0) is 14.4 Å². The van der Waals surface area contributed by atoms with Crippen LogP contribution in [0.2, 0.25) is 0 Å². The Kier molecular flexibility index (Phi) is 4.48. The van der Waals surface area contributed by atoms with Crippen molar-refractivity contribution in [2.75, 3.05) is 13.1 Å². The summed E-state index contributed by atoms with van der Waals surface area (Å²) in [6.07, 6.45) is 0.261. The van der Waals surface area contributed by atoms with Gasteiger partial charge in [0.2, 0.25) is 11.8 Å². The van der Waals surface area contributed by atoms with Crippen LogP contribution in [0, 0.1) is 5.92 Å². The van der Waals surface area contributed by atoms with Crippen molar-refractivity contribution in [2.24, 2.45) is 5.92 Å². The lowest BCUT2D eigenvalue weighted by Gasteiger charge is -2.16. The van der Waals surface area contributed by atoms with Gasteiger partial charge >= 0.3 is 5.97 Å². The lowest BCUT2D eigenvalue weighted by molar-refractivity contribution is -0.141. The number of likely N-dealkylation sites (tertiary alicyclic amines) is 1. The van der Waals surface area contributed by atoms with Gasteiger partial charge in [0, 0.05) is 32.0 Å². The summed E-state index contributed by atoms with van der Waals surface area (Å²) >= 11 is 0. The highest BCUT2D eigenvalue weighted by Crippen LogP contribution is 2.17. The normalized spacial score (nSPS) is 19.8. The number of carboxylic acid groups (broad SMARTS) is 1. The van der Waals surface area contributed by atoms with Gasteiger partial charge in [-0.25, -0.2) is 0 Å². The lowest BCUT2D eigenvalue weighted by atomic mass is 10.1. The van der Waals surface area contributed by atoms with Crippen LogP contribution < -0.4 is 5.32 Å². The largest absolute Gasteiger partial charge is 0.481 e. The van der Waals surface area contributed by atoms with Gasteiger partial charge in [-0.15, -0.1) is 0 Å². The molecule has 6 heteroatoms. The van der Waals surface area contributed by atoms with E-state index in [2.05, 4.69) is 5.32 Å². The number of amides is 2. The molecule has 1 aliphatic rings. The van der Waals surface area contributed by atoms with E-state index in [-0.39, 0.29) is 37.2 Å². The summed E-state index contributed by atoms with van der Waals surface area (Å²) in [5.41, 5.74) is 0. The standard InChI is InChI=1S/C11H18N2O4/c1-7(2)12-9(14)3-4-13-6-8(11(16)17)5-10(13)15/h7-8H,3-6H2,1-2H3,(H,12,14)(H,16,17). The molecule has 0 aromatic carbocycles. The third-order valence-corrected chi connectivity index (χ3v) is 2.62. The smallest absolute Gasteiger partial charge is 0.308 e. The number of nitrogens with zero attached hydrogens (tertiary/aromatic N) is 1. The Morgan fingerprint density at radius 2 is 2.18 bits per heavy atom. The molecule has 0 aromatic heterocycles. The predicted molar refractivity (Wildman–Crippen MR) is 60.2 cm³/mol. The molecule has 1 fully saturated rings. The quantitative estimate of drug-likeness (QED) is 0.701. The van der Waals surface area contributed by atoms with E-state index in [1.54, 1.807) is 0 Å². The average Bonchev–Trinajstić information content (AvgIpc) is 2.56. The van der Waals surface area contributed by atoms with E-state index in [1.165, 1.54) is 4.90 Å². The first kappa shape index (κ1) is 13.5. The Bertz CT molecular complexity index is 327. The third-order valence-electron chi connectivity index (χ3n) is 2.62. The summed E-state index contributed by atoms with van der Waals surface area (Å²) in [6, 6.07) is 0.0727. The van der Waals surface area contributed by atoms with Crippen LogP contribution in [-0.4, -0.2) is 46.9 Å². The van der Waals surface area contributed by atoms with Gasteiger partial charge in [-0.2, -0.15) is 0 Å². The fourth-order valence-corrected chi connectivity index (χ4v) is 1.78. The van der Waals surface area contributed by atoms with Crippen LogP contribution in [0.1, 0.15) is 26.7 Å². The molecular weight excluding hydrogens is 224 g/mol. The fraction of sp³-hybridized carbons (Fsp3) is 0.727. The van der Waals surface area contributed by atoms with Crippen molar-refractivity contribution in [3.8, 4) is 0 Å². The van der Waals surface area contributed by atoms with E-state index in [0.29, 0.717) is 6.54 Å². The molecule has 1 aliphatic heterocycles. The van der Waals surface area contributed by atoms with Crippen molar-refractivity contribution in [3.63, 3.8) is 0 Å². The Balaban J connectivity index is 2.35. The second kappa shape index (κ2) is 5.65. The summed E-state index contributed by atoms with van der Waals surface area (Å²) in [5.74, 6) is -1.88. The van der Waals surface area contributed by atoms with Crippen LogP contribution >= 0.6 is 0 Å². The molecule has 0 radical (unpaired) electrons. The fourth-order valence-electron chi connectivity index (χ4n) is 1.78. The van der Waals surface area contributed by atoms with Crippen molar-refractivity contribution < 1.29 is 19.5 Å². The number of aliphatic carboxylic acids is 1. The van der Waals surface area contributed by atoms with E-state index in [9.17, 15) is 14.4 Å². The highest BCUT2D eigenvalue weighted by Gasteiger charge is 2.34. The number of carbonyl (C=O) groups is 3. The lowest BCUT2D eigenvalue weighted by Crippen LogP contribution is -2.35. The molecule has 0 aromatic rings. The second-order valence-electron chi connectivity index (χ2n) is 4.55. The zero-order valence-electron chi connectivity index (χ0n) is 10.1. The molecule has 1 saturated heterocycles. The predicted octanol–water partition coefficient (Wildman–Crippen LogP) is -0.166. The summed E-state index contributed by atoms with van der Waals surface area (Å²) in [4.78, 5) is 35.0. The van der Waals surface area contributed by atoms with Gasteiger partial charge in [0.1, 0.15) is 0 Å². The molecule has 1 rings (SSSR count). The Labute approximate surface area is 100.0 Å². The Morgan fingerprint density at radius 1 is 1.53 bits per heavy atom. The SMILES string of the molecule is CC(C)NC(=O)CCN1CC(C(=O)O)CC1=O. The first-order chi connectivity index (χ1) is 7.90. The molecule has 0 spiro atoms. The molecule has 2 amide bonds. The zero-order valence-corrected chi connectivity index (χ0v) is 10.1. The topological polar surface area (TPSA) is 86.7 Å². The number of carbonyl (C=O) groups excluding carboxylic acids is 2. The highest BCUT2D eigenvalue weighted by atomic mass is 16.4. The maximum absolute atomic E-state index is 11.5. The van der Waals surface area contributed by atoms with Gasteiger partial charge in [0.25, 0.3) is 0 Å². The number of hydrogen-bond acceptors (Lipinski definition) is 3. The van der Waals surface area contributed by atoms with Gasteiger partial charge in [0.15, 0.2) is 0 Å². The summed E-state index contributed by atoms with van der Waals surface area (Å²) < 4.78 is 0. The van der Waals surface area contributed by atoms with Gasteiger partial charge in [-0.1, -0.05) is 0 Å². The highest BCUT2D eigenvalue weighted by molar-refractivity contribution is 5.86. The second-order valence-corrected chi connectivity index (χ2v) is 4.55. The maximum atomic E-state index is 11.5. The molecule has 1 heterocycles. The minimum Gasteiger partial charge on any atom is -0.481 e. The molecular formula is C11H18N2O4. The molecule has 1 atom stereocenters. The number of rotatable bonds is 5. The molecule has 0 aliphatic carbocycles. The minimum absolute atomic E-state index is 0.0428. The van der Waals surface area contributed by atoms with Gasteiger partial charge in [-0.3, -0.25) is 14.4 Å². The molecule has 17 heavy (non-hydrogen) atoms. The van der Waals surface area contributed by atoms with E-state index in [4.69, 9.17) is 5.11 Å². The number of carboxylic acids is 1. The average molecular weight is 242 g/mol. The molecule has 0 saturated carbocycles. The van der Waals surface area contributed by atoms with Crippen molar-refractivity contribution in [2.45, 2.75) is 32.7 Å². The Hall–Kier alpha value is -1.59. The van der Waals surface area contributed by atoms with Crippen LogP contribution in [0.15, 0.2) is 0 Å². The maximum Gasteiger partial charge on any atom is 0.308 e. The molecule has 0 bridgehead atoms. The molecule has 96 valence electrons. The van der Waals surface area contributed by atoms with E-state index >= 15 is 0 Å². The van der Waals surface area contributed by atoms with Crippen molar-refractivity contribution in [3.05, 3.63) is 0 Å². The van der Waals surface area contributed by atoms with Crippen LogP contribution in [0.4, 0.5) is 0 Å². The minimum atomic E-state index is -0.951. The van der Waals surface area contributed by atoms with Gasteiger partial charge in [0.05, 0.1) is 5.92 Å². The zero-order chi connectivity index (χ0) is 13.0. The molecule has 6 nitrogen and oxygen atoms in total. The van der Waals surface area contributed by atoms with Gasteiger partial charge in [-0.05, 0) is 13.8 Å². The first-order valence-corrected chi connectivity index (χ1v) is 5.70. The van der Waals surface area contributed by atoms with E-state index in [1.807, 2.05) is 13.8 Å². The van der Waals surface area contributed by atoms with Crippen LogP contribution in [0.3, 0.4) is 0 Å². The summed E-state index contributed by atoms with van der Waals surface area (Å²) in [6.45, 7) is 4.23. The Morgan fingerprint density at radius 3 is 2.65 bits per heavy atom. The van der Waals surface area contributed by atoms with Crippen LogP contribution in [0.25, 0.3) is 0 Å². The van der Waals surface area contributed by atoms with E-state index in [0.717, 1.165) is 0 Å². The van der Waals surface area contributed by atoms with Crippen molar-refractivity contribution >= 4 is 17.8 Å². The van der Waals surface area contributed by atoms with Gasteiger partial charge < -0.3 is 15.3 Å². The monoisotopic (exact) mass is 242 g/mol. The molecule has 2 N–H and O–H groups in total. The number of nitrogens with one attached hydrogen (secondary N) is 1. The first-order valence-electron chi connectivity index (χ1n) is 5.70. The third kappa shape index (κ3) is 4.05.